The molecule has 2 aromatic rings. The summed E-state index contributed by atoms with van der Waals surface area (Å²) in [6.45, 7) is 3.98. The van der Waals surface area contributed by atoms with Crippen LogP contribution in [0.3, 0.4) is 0 Å². The summed E-state index contributed by atoms with van der Waals surface area (Å²) in [5, 5.41) is 14.1. The number of nitrogens with one attached hydrogen (secondary N) is 1. The first-order valence-corrected chi connectivity index (χ1v) is 9.40. The number of carbonyl (C=O) groups is 2. The highest BCUT2D eigenvalue weighted by Gasteiger charge is 2.23. The lowest BCUT2D eigenvalue weighted by molar-refractivity contribution is -0.384. The van der Waals surface area contributed by atoms with Gasteiger partial charge in [-0.15, -0.1) is 0 Å². The predicted molar refractivity (Wildman–Crippen MR) is 113 cm³/mol. The molecule has 2 rings (SSSR count). The fourth-order valence-corrected chi connectivity index (χ4v) is 2.85. The Labute approximate surface area is 174 Å². The largest absolute Gasteiger partial charge is 0.452 e. The number of anilines is 2. The van der Waals surface area contributed by atoms with Gasteiger partial charge in [0.15, 0.2) is 6.61 Å². The van der Waals surface area contributed by atoms with E-state index < -0.39 is 23.4 Å². The number of non-ortho nitro benzene ring substituents is 1. The molecular weight excluding hydrogens is 390 g/mol. The van der Waals surface area contributed by atoms with E-state index >= 15 is 0 Å². The highest BCUT2D eigenvalue weighted by molar-refractivity contribution is 6.00. The number of para-hydroxylation sites is 1. The van der Waals surface area contributed by atoms with Gasteiger partial charge < -0.3 is 19.7 Å². The van der Waals surface area contributed by atoms with E-state index in [1.807, 2.05) is 32.0 Å². The number of carbonyl (C=O) groups excluding carboxylic acids is 2. The van der Waals surface area contributed by atoms with Crippen molar-refractivity contribution < 1.29 is 24.0 Å². The zero-order valence-corrected chi connectivity index (χ0v) is 17.2. The second kappa shape index (κ2) is 10.9. The first kappa shape index (κ1) is 22.8. The third kappa shape index (κ3) is 6.02. The molecule has 9 heteroatoms. The first-order chi connectivity index (χ1) is 14.3. The predicted octanol–water partition coefficient (Wildman–Crippen LogP) is 3.25. The number of hydrogen-bond donors (Lipinski definition) is 1. The summed E-state index contributed by atoms with van der Waals surface area (Å²) in [5.41, 5.74) is 0.771. The van der Waals surface area contributed by atoms with Crippen molar-refractivity contribution in [3.63, 3.8) is 0 Å². The molecule has 30 heavy (non-hydrogen) atoms. The van der Waals surface area contributed by atoms with Crippen LogP contribution in [0.25, 0.3) is 0 Å². The minimum atomic E-state index is -0.830. The average Bonchev–Trinajstić information content (AvgIpc) is 2.73. The number of hydrogen-bond acceptors (Lipinski definition) is 7. The van der Waals surface area contributed by atoms with Crippen molar-refractivity contribution in [3.8, 4) is 0 Å². The minimum Gasteiger partial charge on any atom is -0.452 e. The van der Waals surface area contributed by atoms with Crippen molar-refractivity contribution in [2.75, 3.05) is 37.1 Å². The van der Waals surface area contributed by atoms with Crippen molar-refractivity contribution in [1.82, 2.24) is 0 Å². The fraction of sp³-hybridized carbons (Fsp3) is 0.333. The van der Waals surface area contributed by atoms with Crippen molar-refractivity contribution in [1.29, 1.82) is 0 Å². The molecule has 160 valence electrons. The van der Waals surface area contributed by atoms with Gasteiger partial charge in [-0.1, -0.05) is 18.2 Å². The second-order valence-corrected chi connectivity index (χ2v) is 6.68. The topological polar surface area (TPSA) is 111 Å². The van der Waals surface area contributed by atoms with E-state index in [9.17, 15) is 19.7 Å². The second-order valence-electron chi connectivity index (χ2n) is 6.68. The molecule has 0 saturated carbocycles. The van der Waals surface area contributed by atoms with Gasteiger partial charge in [0.2, 0.25) is 0 Å². The molecule has 2 aromatic carbocycles. The smallest absolute Gasteiger partial charge is 0.341 e. The number of nitro groups is 1. The molecule has 0 heterocycles. The normalized spacial score (nSPS) is 10.5. The van der Waals surface area contributed by atoms with Crippen LogP contribution in [-0.4, -0.2) is 49.7 Å². The summed E-state index contributed by atoms with van der Waals surface area (Å²) in [6.07, 6.45) is 0. The summed E-state index contributed by atoms with van der Waals surface area (Å²) >= 11 is 0. The third-order valence-corrected chi connectivity index (χ3v) is 4.20. The van der Waals surface area contributed by atoms with Gasteiger partial charge in [0.1, 0.15) is 0 Å². The van der Waals surface area contributed by atoms with Crippen molar-refractivity contribution >= 4 is 28.9 Å². The number of nitro benzene ring substituents is 1. The number of benzene rings is 2. The molecule has 0 radical (unpaired) electrons. The number of methoxy groups -OCH3 is 1. The van der Waals surface area contributed by atoms with Crippen LogP contribution in [-0.2, 0) is 14.3 Å². The molecule has 0 saturated heterocycles. The average molecular weight is 415 g/mol. The van der Waals surface area contributed by atoms with Gasteiger partial charge >= 0.3 is 5.97 Å². The fourth-order valence-electron chi connectivity index (χ4n) is 2.85. The monoisotopic (exact) mass is 415 g/mol. The van der Waals surface area contributed by atoms with Crippen LogP contribution in [0.15, 0.2) is 48.5 Å². The Bertz CT molecular complexity index is 886. The number of ether oxygens (including phenoxy) is 2. The number of amides is 1. The highest BCUT2D eigenvalue weighted by atomic mass is 16.6. The molecule has 0 aromatic heterocycles. The first-order valence-electron chi connectivity index (χ1n) is 9.40. The highest BCUT2D eigenvalue weighted by Crippen LogP contribution is 2.23. The molecule has 0 aliphatic rings. The Morgan fingerprint density at radius 2 is 1.87 bits per heavy atom. The van der Waals surface area contributed by atoms with E-state index in [1.165, 1.54) is 24.1 Å². The summed E-state index contributed by atoms with van der Waals surface area (Å²) < 4.78 is 10.2. The van der Waals surface area contributed by atoms with Crippen molar-refractivity contribution in [2.24, 2.45) is 0 Å². The third-order valence-electron chi connectivity index (χ3n) is 4.20. The van der Waals surface area contributed by atoms with Crippen LogP contribution in [0.2, 0.25) is 0 Å². The van der Waals surface area contributed by atoms with Crippen molar-refractivity contribution in [2.45, 2.75) is 19.9 Å². The quantitative estimate of drug-likeness (QED) is 0.274. The number of esters is 1. The molecule has 0 aliphatic carbocycles. The van der Waals surface area contributed by atoms with E-state index in [-0.39, 0.29) is 17.3 Å². The van der Waals surface area contributed by atoms with E-state index in [4.69, 9.17) is 9.47 Å². The van der Waals surface area contributed by atoms with Crippen molar-refractivity contribution in [3.05, 3.63) is 64.2 Å². The lowest BCUT2D eigenvalue weighted by Gasteiger charge is -2.26. The van der Waals surface area contributed by atoms with E-state index in [0.717, 1.165) is 6.07 Å². The van der Waals surface area contributed by atoms with Gasteiger partial charge in [0, 0.05) is 43.2 Å². The van der Waals surface area contributed by atoms with Crippen LogP contribution < -0.4 is 10.2 Å². The standard InChI is InChI=1S/C21H25N3O6/c1-15(2)23(16-7-5-4-6-8-16)20(25)14-30-21(26)18-13-17(24(27)28)9-10-19(18)22-11-12-29-3/h4-10,13,15,22H,11-12,14H2,1-3H3. The molecule has 9 nitrogen and oxygen atoms in total. The molecule has 1 N–H and O–H groups in total. The zero-order valence-electron chi connectivity index (χ0n) is 17.2. The molecule has 0 spiro atoms. The van der Waals surface area contributed by atoms with E-state index in [2.05, 4.69) is 5.32 Å². The molecule has 1 amide bonds. The van der Waals surface area contributed by atoms with Crippen LogP contribution in [0, 0.1) is 10.1 Å². The Hall–Kier alpha value is -3.46. The Kier molecular flexibility index (Phi) is 8.30. The molecule has 0 unspecified atom stereocenters. The van der Waals surface area contributed by atoms with Gasteiger partial charge in [0.05, 0.1) is 17.1 Å². The zero-order chi connectivity index (χ0) is 22.1. The number of rotatable bonds is 10. The SMILES string of the molecule is COCCNc1ccc([N+](=O)[O-])cc1C(=O)OCC(=O)N(c1ccccc1)C(C)C. The summed E-state index contributed by atoms with van der Waals surface area (Å²) in [4.78, 5) is 37.3. The summed E-state index contributed by atoms with van der Waals surface area (Å²) in [7, 11) is 1.53. The van der Waals surface area contributed by atoms with E-state index in [1.54, 1.807) is 12.1 Å². The summed E-state index contributed by atoms with van der Waals surface area (Å²) in [6, 6.07) is 12.7. The maximum Gasteiger partial charge on any atom is 0.341 e. The van der Waals surface area contributed by atoms with Gasteiger partial charge in [-0.2, -0.15) is 0 Å². The van der Waals surface area contributed by atoms with Crippen LogP contribution in [0.5, 0.6) is 0 Å². The Balaban J connectivity index is 2.16. The maximum absolute atomic E-state index is 12.7. The molecule has 0 bridgehead atoms. The van der Waals surface area contributed by atoms with Crippen LogP contribution in [0.4, 0.5) is 17.1 Å². The van der Waals surface area contributed by atoms with Crippen LogP contribution >= 0.6 is 0 Å². The Morgan fingerprint density at radius 3 is 2.47 bits per heavy atom. The van der Waals surface area contributed by atoms with Gasteiger partial charge in [-0.05, 0) is 32.0 Å². The minimum absolute atomic E-state index is 0.0242. The van der Waals surface area contributed by atoms with Crippen LogP contribution in [0.1, 0.15) is 24.2 Å². The van der Waals surface area contributed by atoms with Gasteiger partial charge in [-0.25, -0.2) is 4.79 Å². The number of nitrogens with zero attached hydrogens (tertiary/aromatic N) is 2. The maximum atomic E-state index is 12.7. The lowest BCUT2D eigenvalue weighted by Crippen LogP contribution is -2.39. The Morgan fingerprint density at radius 1 is 1.17 bits per heavy atom. The van der Waals surface area contributed by atoms with Gasteiger partial charge in [-0.3, -0.25) is 14.9 Å². The molecule has 0 fully saturated rings. The summed E-state index contributed by atoms with van der Waals surface area (Å²) in [5.74, 6) is -1.23. The molecule has 0 atom stereocenters. The van der Waals surface area contributed by atoms with E-state index in [0.29, 0.717) is 24.5 Å². The lowest BCUT2D eigenvalue weighted by atomic mass is 10.1. The van der Waals surface area contributed by atoms with Gasteiger partial charge in [0.25, 0.3) is 11.6 Å². The molecular formula is C21H25N3O6. The molecule has 0 aliphatic heterocycles.